The Morgan fingerprint density at radius 3 is 2.13 bits per heavy atom. The van der Waals surface area contributed by atoms with Gasteiger partial charge in [-0.2, -0.15) is 0 Å². The number of nitrogens with zero attached hydrogens (tertiary/aromatic N) is 1. The number of benzene rings is 3. The van der Waals surface area contributed by atoms with E-state index >= 15 is 0 Å². The van der Waals surface area contributed by atoms with Crippen LogP contribution in [0.2, 0.25) is 5.02 Å². The highest BCUT2D eigenvalue weighted by atomic mass is 35.5. The van der Waals surface area contributed by atoms with Crippen LogP contribution in [0.1, 0.15) is 29.5 Å². The molecule has 1 aliphatic rings. The summed E-state index contributed by atoms with van der Waals surface area (Å²) in [6.45, 7) is 2.29. The second-order valence-electron chi connectivity index (χ2n) is 8.09. The highest BCUT2D eigenvalue weighted by Gasteiger charge is 2.38. The first-order chi connectivity index (χ1) is 14.7. The van der Waals surface area contributed by atoms with Crippen molar-refractivity contribution in [2.75, 3.05) is 0 Å². The molecule has 1 aliphatic carbocycles. The van der Waals surface area contributed by atoms with Gasteiger partial charge < -0.3 is 10.4 Å². The third kappa shape index (κ3) is 5.30. The van der Waals surface area contributed by atoms with Gasteiger partial charge in [-0.3, -0.25) is 4.90 Å². The molecule has 3 aromatic rings. The first-order valence-electron chi connectivity index (χ1n) is 10.7. The highest BCUT2D eigenvalue weighted by Crippen LogP contribution is 2.29. The summed E-state index contributed by atoms with van der Waals surface area (Å²) in [5.74, 6) is 0. The third-order valence-corrected chi connectivity index (χ3v) is 6.39. The Labute approximate surface area is 184 Å². The molecule has 3 nitrogen and oxygen atoms in total. The van der Waals surface area contributed by atoms with Crippen LogP contribution in [0.25, 0.3) is 0 Å². The lowest BCUT2D eigenvalue weighted by atomic mass is 10.1. The van der Waals surface area contributed by atoms with Gasteiger partial charge in [0.15, 0.2) is 0 Å². The summed E-state index contributed by atoms with van der Waals surface area (Å²) in [4.78, 5) is 2.38. The van der Waals surface area contributed by atoms with Gasteiger partial charge >= 0.3 is 0 Å². The minimum Gasteiger partial charge on any atom is -0.390 e. The molecule has 30 heavy (non-hydrogen) atoms. The summed E-state index contributed by atoms with van der Waals surface area (Å²) < 4.78 is 0. The Morgan fingerprint density at radius 2 is 1.43 bits per heavy atom. The van der Waals surface area contributed by atoms with Gasteiger partial charge in [0.2, 0.25) is 0 Å². The Morgan fingerprint density at radius 1 is 0.800 bits per heavy atom. The fourth-order valence-electron chi connectivity index (χ4n) is 4.38. The molecule has 0 aliphatic heterocycles. The average molecular weight is 421 g/mol. The molecular formula is C26H29ClN2O. The Balaban J connectivity index is 1.47. The summed E-state index contributed by atoms with van der Waals surface area (Å²) in [7, 11) is 0. The van der Waals surface area contributed by atoms with Crippen LogP contribution in [0.5, 0.6) is 0 Å². The number of hydrogen-bond acceptors (Lipinski definition) is 3. The van der Waals surface area contributed by atoms with Crippen molar-refractivity contribution >= 4 is 11.6 Å². The Hall–Kier alpha value is -2.17. The van der Waals surface area contributed by atoms with E-state index in [2.05, 4.69) is 64.8 Å². The number of aliphatic hydroxyl groups excluding tert-OH is 1. The van der Waals surface area contributed by atoms with Crippen molar-refractivity contribution in [2.24, 2.45) is 0 Å². The van der Waals surface area contributed by atoms with E-state index in [4.69, 9.17) is 11.6 Å². The molecule has 1 saturated carbocycles. The van der Waals surface area contributed by atoms with Crippen LogP contribution in [0.15, 0.2) is 84.9 Å². The zero-order valence-electron chi connectivity index (χ0n) is 17.1. The summed E-state index contributed by atoms with van der Waals surface area (Å²) >= 11 is 6.46. The van der Waals surface area contributed by atoms with E-state index in [9.17, 15) is 5.11 Å². The number of halogens is 1. The van der Waals surface area contributed by atoms with Crippen LogP contribution in [-0.2, 0) is 19.6 Å². The van der Waals surface area contributed by atoms with Crippen molar-refractivity contribution in [1.29, 1.82) is 0 Å². The minimum absolute atomic E-state index is 0.0924. The normalized spacial score (nSPS) is 21.2. The van der Waals surface area contributed by atoms with Gasteiger partial charge in [0.25, 0.3) is 0 Å². The smallest absolute Gasteiger partial charge is 0.0848 e. The first-order valence-corrected chi connectivity index (χ1v) is 11.1. The number of nitrogens with one attached hydrogen (secondary N) is 1. The number of aliphatic hydroxyl groups is 1. The lowest BCUT2D eigenvalue weighted by molar-refractivity contribution is 0.0466. The molecule has 0 saturated heterocycles. The van der Waals surface area contributed by atoms with Gasteiger partial charge in [-0.25, -0.2) is 0 Å². The Bertz CT molecular complexity index is 919. The maximum atomic E-state index is 11.2. The third-order valence-electron chi connectivity index (χ3n) is 6.02. The van der Waals surface area contributed by atoms with Crippen LogP contribution in [-0.4, -0.2) is 28.2 Å². The van der Waals surface area contributed by atoms with Gasteiger partial charge in [0, 0.05) is 36.7 Å². The van der Waals surface area contributed by atoms with Crippen molar-refractivity contribution in [3.8, 4) is 0 Å². The topological polar surface area (TPSA) is 35.5 Å². The van der Waals surface area contributed by atoms with Crippen LogP contribution in [0.4, 0.5) is 0 Å². The van der Waals surface area contributed by atoms with E-state index < -0.39 is 6.10 Å². The van der Waals surface area contributed by atoms with Crippen LogP contribution < -0.4 is 5.32 Å². The van der Waals surface area contributed by atoms with Crippen LogP contribution >= 0.6 is 11.6 Å². The number of rotatable bonds is 8. The summed E-state index contributed by atoms with van der Waals surface area (Å²) in [5, 5.41) is 15.5. The fraction of sp³-hybridized carbons (Fsp3) is 0.308. The van der Waals surface area contributed by atoms with Crippen LogP contribution in [0, 0.1) is 0 Å². The molecule has 0 spiro atoms. The second-order valence-corrected chi connectivity index (χ2v) is 8.50. The molecular weight excluding hydrogens is 392 g/mol. The average Bonchev–Trinajstić information content (AvgIpc) is 3.15. The molecule has 2 N–H and O–H groups in total. The highest BCUT2D eigenvalue weighted by molar-refractivity contribution is 6.31. The molecule has 4 rings (SSSR count). The first kappa shape index (κ1) is 21.1. The second kappa shape index (κ2) is 10.2. The maximum absolute atomic E-state index is 11.2. The van der Waals surface area contributed by atoms with Crippen molar-refractivity contribution in [3.05, 3.63) is 107 Å². The molecule has 3 atom stereocenters. The van der Waals surface area contributed by atoms with Crippen molar-refractivity contribution < 1.29 is 5.11 Å². The van der Waals surface area contributed by atoms with Gasteiger partial charge in [0.1, 0.15) is 0 Å². The Kier molecular flexibility index (Phi) is 7.19. The summed E-state index contributed by atoms with van der Waals surface area (Å²) in [6, 6.07) is 29.0. The summed E-state index contributed by atoms with van der Waals surface area (Å²) in [6.07, 6.45) is 1.51. The maximum Gasteiger partial charge on any atom is 0.0848 e. The fourth-order valence-corrected chi connectivity index (χ4v) is 4.58. The van der Waals surface area contributed by atoms with Crippen molar-refractivity contribution in [1.82, 2.24) is 10.2 Å². The predicted octanol–water partition coefficient (Wildman–Crippen LogP) is 5.02. The van der Waals surface area contributed by atoms with Crippen molar-refractivity contribution in [3.63, 3.8) is 0 Å². The van der Waals surface area contributed by atoms with E-state index in [0.717, 1.165) is 43.1 Å². The molecule has 0 amide bonds. The van der Waals surface area contributed by atoms with Gasteiger partial charge in [-0.15, -0.1) is 0 Å². The number of hydrogen-bond donors (Lipinski definition) is 2. The van der Waals surface area contributed by atoms with Gasteiger partial charge in [-0.05, 0) is 35.6 Å². The predicted molar refractivity (Wildman–Crippen MR) is 123 cm³/mol. The van der Waals surface area contributed by atoms with E-state index in [1.54, 1.807) is 0 Å². The lowest BCUT2D eigenvalue weighted by Crippen LogP contribution is -2.46. The zero-order valence-corrected chi connectivity index (χ0v) is 17.9. The molecule has 0 unspecified atom stereocenters. The standard InChI is InChI=1S/C26H29ClN2O/c27-23-14-8-7-13-22(23)19-29(18-21-11-5-2-6-12-21)25-16-15-24(26(25)30)28-17-20-9-3-1-4-10-20/h1-14,24-26,28,30H,15-19H2/t24-,25-,26-/m1/s1. The SMILES string of the molecule is O[C@H]1[C@H](N(Cc2ccccc2)Cc2ccccc2Cl)CC[C@H]1NCc1ccccc1. The quantitative estimate of drug-likeness (QED) is 0.536. The summed E-state index contributed by atoms with van der Waals surface area (Å²) in [5.41, 5.74) is 3.59. The minimum atomic E-state index is -0.417. The molecule has 3 aromatic carbocycles. The molecule has 1 fully saturated rings. The molecule has 156 valence electrons. The molecule has 0 aromatic heterocycles. The van der Waals surface area contributed by atoms with E-state index in [1.165, 1.54) is 11.1 Å². The largest absolute Gasteiger partial charge is 0.390 e. The van der Waals surface area contributed by atoms with E-state index in [1.807, 2.05) is 30.3 Å². The van der Waals surface area contributed by atoms with E-state index in [0.29, 0.717) is 0 Å². The van der Waals surface area contributed by atoms with Gasteiger partial charge in [-0.1, -0.05) is 90.5 Å². The van der Waals surface area contributed by atoms with Crippen LogP contribution in [0.3, 0.4) is 0 Å². The molecule has 0 radical (unpaired) electrons. The zero-order chi connectivity index (χ0) is 20.8. The van der Waals surface area contributed by atoms with Gasteiger partial charge in [0.05, 0.1) is 6.10 Å². The van der Waals surface area contributed by atoms with Crippen molar-refractivity contribution in [2.45, 2.75) is 50.7 Å². The monoisotopic (exact) mass is 420 g/mol. The van der Waals surface area contributed by atoms with E-state index in [-0.39, 0.29) is 12.1 Å². The molecule has 0 heterocycles. The molecule has 0 bridgehead atoms. The molecule has 4 heteroatoms. The lowest BCUT2D eigenvalue weighted by Gasteiger charge is -2.33.